The fraction of sp³-hybridized carbons (Fsp3) is 0.750. The molecule has 3 rings (SSSR count). The average molecular weight is 247 g/mol. The molecule has 2 nitrogen and oxygen atoms in total. The molecule has 0 bridgehead atoms. The van der Waals surface area contributed by atoms with Crippen molar-refractivity contribution in [1.82, 2.24) is 4.57 Å². The third-order valence-corrected chi connectivity index (χ3v) is 5.10. The normalized spacial score (nSPS) is 32.2. The van der Waals surface area contributed by atoms with E-state index in [1.165, 1.54) is 43.4 Å². The molecular formula is C16H25NO. The Balaban J connectivity index is 1.77. The van der Waals surface area contributed by atoms with Gasteiger partial charge in [0.05, 0.1) is 6.10 Å². The predicted octanol–water partition coefficient (Wildman–Crippen LogP) is 4.00. The number of rotatable bonds is 2. The minimum atomic E-state index is -0.206. The van der Waals surface area contributed by atoms with E-state index in [0.717, 1.165) is 25.2 Å². The minimum Gasteiger partial charge on any atom is -0.388 e. The zero-order valence-electron chi connectivity index (χ0n) is 11.4. The van der Waals surface area contributed by atoms with Crippen LogP contribution >= 0.6 is 0 Å². The van der Waals surface area contributed by atoms with Gasteiger partial charge < -0.3 is 9.67 Å². The first kappa shape index (κ1) is 12.3. The Bertz CT molecular complexity index is 401. The molecule has 0 saturated heterocycles. The van der Waals surface area contributed by atoms with Crippen LogP contribution in [0, 0.1) is 5.92 Å². The number of hydrogen-bond donors (Lipinski definition) is 1. The van der Waals surface area contributed by atoms with Crippen LogP contribution in [0.4, 0.5) is 0 Å². The highest BCUT2D eigenvalue weighted by atomic mass is 16.3. The first-order chi connectivity index (χ1) is 8.79. The van der Waals surface area contributed by atoms with Crippen molar-refractivity contribution in [1.29, 1.82) is 0 Å². The summed E-state index contributed by atoms with van der Waals surface area (Å²) in [6.45, 7) is 2.32. The minimum absolute atomic E-state index is 0.206. The standard InChI is InChI=1S/C16H25NO/c1-2-12-6-8-13(9-7-12)17-11-10-14-15(17)4-3-5-16(14)18/h10-13,16,18H,2-9H2,1H3. The molecule has 1 atom stereocenters. The molecule has 0 amide bonds. The van der Waals surface area contributed by atoms with Gasteiger partial charge in [-0.3, -0.25) is 0 Å². The van der Waals surface area contributed by atoms with Crippen LogP contribution in [0.25, 0.3) is 0 Å². The van der Waals surface area contributed by atoms with Crippen molar-refractivity contribution in [3.8, 4) is 0 Å². The monoisotopic (exact) mass is 247 g/mol. The summed E-state index contributed by atoms with van der Waals surface area (Å²) in [5, 5.41) is 10.0. The Morgan fingerprint density at radius 2 is 2.00 bits per heavy atom. The topological polar surface area (TPSA) is 25.2 Å². The maximum atomic E-state index is 10.0. The lowest BCUT2D eigenvalue weighted by molar-refractivity contribution is 0.154. The Hall–Kier alpha value is -0.760. The predicted molar refractivity (Wildman–Crippen MR) is 73.6 cm³/mol. The van der Waals surface area contributed by atoms with Crippen molar-refractivity contribution in [3.63, 3.8) is 0 Å². The molecule has 0 aromatic carbocycles. The molecule has 1 aromatic heterocycles. The molecule has 1 saturated carbocycles. The van der Waals surface area contributed by atoms with E-state index in [-0.39, 0.29) is 6.10 Å². The van der Waals surface area contributed by atoms with Crippen LogP contribution in [0.3, 0.4) is 0 Å². The van der Waals surface area contributed by atoms with E-state index >= 15 is 0 Å². The first-order valence-electron chi connectivity index (χ1n) is 7.67. The van der Waals surface area contributed by atoms with E-state index in [1.54, 1.807) is 0 Å². The van der Waals surface area contributed by atoms with Gasteiger partial charge in [0.25, 0.3) is 0 Å². The summed E-state index contributed by atoms with van der Waals surface area (Å²) in [4.78, 5) is 0. The fourth-order valence-electron chi connectivity index (χ4n) is 3.86. The Morgan fingerprint density at radius 3 is 2.72 bits per heavy atom. The van der Waals surface area contributed by atoms with Crippen LogP contribution in [-0.4, -0.2) is 9.67 Å². The number of aliphatic hydroxyl groups is 1. The Labute approximate surface area is 110 Å². The number of fused-ring (bicyclic) bond motifs is 1. The number of aliphatic hydroxyl groups excluding tert-OH is 1. The van der Waals surface area contributed by atoms with Crippen molar-refractivity contribution in [2.45, 2.75) is 70.4 Å². The van der Waals surface area contributed by atoms with Gasteiger partial charge in [0.2, 0.25) is 0 Å². The van der Waals surface area contributed by atoms with Crippen LogP contribution in [-0.2, 0) is 6.42 Å². The maximum Gasteiger partial charge on any atom is 0.0807 e. The summed E-state index contributed by atoms with van der Waals surface area (Å²) in [6, 6.07) is 2.85. The zero-order valence-corrected chi connectivity index (χ0v) is 11.4. The smallest absolute Gasteiger partial charge is 0.0807 e. The van der Waals surface area contributed by atoms with Crippen LogP contribution < -0.4 is 0 Å². The van der Waals surface area contributed by atoms with Crippen LogP contribution in [0.5, 0.6) is 0 Å². The number of nitrogens with zero attached hydrogens (tertiary/aromatic N) is 1. The second-order valence-electron chi connectivity index (χ2n) is 6.12. The molecule has 2 aliphatic carbocycles. The van der Waals surface area contributed by atoms with Crippen molar-refractivity contribution < 1.29 is 5.11 Å². The summed E-state index contributed by atoms with van der Waals surface area (Å²) >= 11 is 0. The van der Waals surface area contributed by atoms with Gasteiger partial charge in [-0.15, -0.1) is 0 Å². The van der Waals surface area contributed by atoms with E-state index in [0.29, 0.717) is 6.04 Å². The second-order valence-corrected chi connectivity index (χ2v) is 6.12. The van der Waals surface area contributed by atoms with Crippen LogP contribution in [0.1, 0.15) is 75.3 Å². The molecular weight excluding hydrogens is 222 g/mol. The fourth-order valence-corrected chi connectivity index (χ4v) is 3.86. The van der Waals surface area contributed by atoms with Crippen molar-refractivity contribution in [3.05, 3.63) is 23.5 Å². The molecule has 0 aliphatic heterocycles. The summed E-state index contributed by atoms with van der Waals surface area (Å²) in [5.74, 6) is 0.957. The van der Waals surface area contributed by atoms with Gasteiger partial charge in [0.1, 0.15) is 0 Å². The highest BCUT2D eigenvalue weighted by Crippen LogP contribution is 2.38. The molecule has 1 heterocycles. The molecule has 0 radical (unpaired) electrons. The van der Waals surface area contributed by atoms with Crippen molar-refractivity contribution >= 4 is 0 Å². The highest BCUT2D eigenvalue weighted by Gasteiger charge is 2.26. The molecule has 2 heteroatoms. The maximum absolute atomic E-state index is 10.0. The van der Waals surface area contributed by atoms with Crippen molar-refractivity contribution in [2.75, 3.05) is 0 Å². The summed E-state index contributed by atoms with van der Waals surface area (Å²) in [7, 11) is 0. The molecule has 1 aromatic rings. The van der Waals surface area contributed by atoms with E-state index in [9.17, 15) is 5.11 Å². The molecule has 1 fully saturated rings. The van der Waals surface area contributed by atoms with E-state index < -0.39 is 0 Å². The van der Waals surface area contributed by atoms with E-state index in [1.807, 2.05) is 0 Å². The lowest BCUT2D eigenvalue weighted by Crippen LogP contribution is -2.20. The second kappa shape index (κ2) is 5.08. The third-order valence-electron chi connectivity index (χ3n) is 5.10. The Kier molecular flexibility index (Phi) is 3.47. The zero-order chi connectivity index (χ0) is 12.5. The SMILES string of the molecule is CCC1CCC(n2ccc3c2CCCC3O)CC1. The number of hydrogen-bond acceptors (Lipinski definition) is 1. The van der Waals surface area contributed by atoms with E-state index in [2.05, 4.69) is 23.8 Å². The lowest BCUT2D eigenvalue weighted by Gasteiger charge is -2.31. The van der Waals surface area contributed by atoms with Gasteiger partial charge >= 0.3 is 0 Å². The molecule has 0 spiro atoms. The van der Waals surface area contributed by atoms with Crippen molar-refractivity contribution in [2.24, 2.45) is 5.92 Å². The lowest BCUT2D eigenvalue weighted by atomic mass is 9.84. The summed E-state index contributed by atoms with van der Waals surface area (Å²) < 4.78 is 2.49. The highest BCUT2D eigenvalue weighted by molar-refractivity contribution is 5.28. The quantitative estimate of drug-likeness (QED) is 0.839. The van der Waals surface area contributed by atoms with Gasteiger partial charge in [0, 0.05) is 23.5 Å². The summed E-state index contributed by atoms with van der Waals surface area (Å²) in [5.41, 5.74) is 2.63. The van der Waals surface area contributed by atoms with Gasteiger partial charge in [-0.1, -0.05) is 13.3 Å². The largest absolute Gasteiger partial charge is 0.388 e. The van der Waals surface area contributed by atoms with Crippen LogP contribution in [0.2, 0.25) is 0 Å². The molecule has 1 N–H and O–H groups in total. The molecule has 2 aliphatic rings. The average Bonchev–Trinajstić information content (AvgIpc) is 2.84. The Morgan fingerprint density at radius 1 is 1.22 bits per heavy atom. The van der Waals surface area contributed by atoms with Gasteiger partial charge in [-0.2, -0.15) is 0 Å². The number of aromatic nitrogens is 1. The van der Waals surface area contributed by atoms with Gasteiger partial charge in [-0.25, -0.2) is 0 Å². The third kappa shape index (κ3) is 2.11. The summed E-state index contributed by atoms with van der Waals surface area (Å²) in [6.07, 6.45) is 12.0. The molecule has 100 valence electrons. The first-order valence-corrected chi connectivity index (χ1v) is 7.67. The molecule has 1 unspecified atom stereocenters. The molecule has 18 heavy (non-hydrogen) atoms. The van der Waals surface area contributed by atoms with Gasteiger partial charge in [0.15, 0.2) is 0 Å². The van der Waals surface area contributed by atoms with E-state index in [4.69, 9.17) is 0 Å². The van der Waals surface area contributed by atoms with Crippen LogP contribution in [0.15, 0.2) is 12.3 Å². The van der Waals surface area contributed by atoms with Gasteiger partial charge in [-0.05, 0) is 56.9 Å².